The van der Waals surface area contributed by atoms with Gasteiger partial charge in [-0.3, -0.25) is 9.78 Å². The molecule has 0 aliphatic carbocycles. The molecule has 1 aromatic heterocycles. The van der Waals surface area contributed by atoms with Crippen LogP contribution in [-0.4, -0.2) is 41.2 Å². The summed E-state index contributed by atoms with van der Waals surface area (Å²) in [6.45, 7) is 0.484. The van der Waals surface area contributed by atoms with Gasteiger partial charge in [0.2, 0.25) is 0 Å². The molecule has 0 atom stereocenters. The highest BCUT2D eigenvalue weighted by Crippen LogP contribution is 2.05. The molecule has 1 aromatic rings. The fourth-order valence-corrected chi connectivity index (χ4v) is 2.30. The van der Waals surface area contributed by atoms with Gasteiger partial charge in [-0.2, -0.15) is 11.8 Å². The van der Waals surface area contributed by atoms with Crippen LogP contribution >= 0.6 is 11.8 Å². The first-order valence-corrected chi connectivity index (χ1v) is 8.49. The van der Waals surface area contributed by atoms with E-state index in [4.69, 9.17) is 5.11 Å². The number of nitrogens with zero attached hydrogens (tertiary/aromatic N) is 1. The molecule has 2 N–H and O–H groups in total. The molecular formula is C16H22N2O2S. The van der Waals surface area contributed by atoms with Crippen LogP contribution in [0.15, 0.2) is 18.5 Å². The van der Waals surface area contributed by atoms with E-state index in [1.165, 1.54) is 24.8 Å². The highest BCUT2D eigenvalue weighted by molar-refractivity contribution is 7.98. The van der Waals surface area contributed by atoms with Gasteiger partial charge in [-0.15, -0.1) is 0 Å². The van der Waals surface area contributed by atoms with Crippen LogP contribution in [-0.2, 0) is 0 Å². The number of rotatable bonds is 8. The van der Waals surface area contributed by atoms with Crippen LogP contribution < -0.4 is 5.32 Å². The first-order valence-electron chi connectivity index (χ1n) is 7.10. The Labute approximate surface area is 130 Å². The Kier molecular flexibility index (Phi) is 9.34. The summed E-state index contributed by atoms with van der Waals surface area (Å²) in [4.78, 5) is 15.9. The molecule has 0 aromatic carbocycles. The van der Waals surface area contributed by atoms with Crippen molar-refractivity contribution in [2.75, 3.05) is 25.2 Å². The van der Waals surface area contributed by atoms with Crippen molar-refractivity contribution >= 4 is 17.7 Å². The van der Waals surface area contributed by atoms with Gasteiger partial charge in [0.1, 0.15) is 6.61 Å². The van der Waals surface area contributed by atoms with Gasteiger partial charge in [0.05, 0.1) is 5.56 Å². The minimum absolute atomic E-state index is 0.126. The maximum Gasteiger partial charge on any atom is 0.252 e. The number of carbonyl (C=O) groups is 1. The van der Waals surface area contributed by atoms with Crippen LogP contribution in [0.5, 0.6) is 0 Å². The minimum Gasteiger partial charge on any atom is -0.384 e. The Morgan fingerprint density at radius 1 is 1.33 bits per heavy atom. The number of unbranched alkanes of at least 4 members (excludes halogenated alkanes) is 3. The maximum absolute atomic E-state index is 12.0. The van der Waals surface area contributed by atoms with Gasteiger partial charge in [0, 0.05) is 24.5 Å². The van der Waals surface area contributed by atoms with Gasteiger partial charge in [-0.25, -0.2) is 0 Å². The summed E-state index contributed by atoms with van der Waals surface area (Å²) in [7, 11) is 0. The van der Waals surface area contributed by atoms with Crippen molar-refractivity contribution in [1.29, 1.82) is 0 Å². The van der Waals surface area contributed by atoms with Crippen LogP contribution in [0.1, 0.15) is 41.6 Å². The Balaban J connectivity index is 2.32. The molecule has 1 rings (SSSR count). The third-order valence-corrected chi connectivity index (χ3v) is 3.57. The molecule has 5 heteroatoms. The van der Waals surface area contributed by atoms with E-state index in [-0.39, 0.29) is 12.5 Å². The van der Waals surface area contributed by atoms with Crippen molar-refractivity contribution in [3.05, 3.63) is 29.6 Å². The SMILES string of the molecule is CSCCCCCCNC(=O)c1cncc(C#CCO)c1. The van der Waals surface area contributed by atoms with E-state index in [0.717, 1.165) is 12.8 Å². The van der Waals surface area contributed by atoms with E-state index in [0.29, 0.717) is 17.7 Å². The summed E-state index contributed by atoms with van der Waals surface area (Å²) in [5.41, 5.74) is 1.14. The molecule has 0 saturated heterocycles. The highest BCUT2D eigenvalue weighted by Gasteiger charge is 2.05. The van der Waals surface area contributed by atoms with Crippen LogP contribution in [0, 0.1) is 11.8 Å². The van der Waals surface area contributed by atoms with Gasteiger partial charge in [-0.1, -0.05) is 24.7 Å². The predicted molar refractivity (Wildman–Crippen MR) is 87.4 cm³/mol. The smallest absolute Gasteiger partial charge is 0.252 e. The number of aliphatic hydroxyl groups is 1. The van der Waals surface area contributed by atoms with Crippen LogP contribution in [0.2, 0.25) is 0 Å². The zero-order valence-electron chi connectivity index (χ0n) is 12.4. The van der Waals surface area contributed by atoms with Crippen molar-refractivity contribution in [2.24, 2.45) is 0 Å². The number of carbonyl (C=O) groups excluding carboxylic acids is 1. The van der Waals surface area contributed by atoms with Crippen molar-refractivity contribution in [2.45, 2.75) is 25.7 Å². The molecule has 1 amide bonds. The van der Waals surface area contributed by atoms with E-state index < -0.39 is 0 Å². The molecule has 114 valence electrons. The molecule has 21 heavy (non-hydrogen) atoms. The average Bonchev–Trinajstić information content (AvgIpc) is 2.52. The second-order valence-electron chi connectivity index (χ2n) is 4.59. The Morgan fingerprint density at radius 3 is 2.90 bits per heavy atom. The Hall–Kier alpha value is -1.51. The Morgan fingerprint density at radius 2 is 2.14 bits per heavy atom. The third kappa shape index (κ3) is 7.74. The number of pyridine rings is 1. The van der Waals surface area contributed by atoms with E-state index in [1.54, 1.807) is 12.3 Å². The van der Waals surface area contributed by atoms with E-state index >= 15 is 0 Å². The fourth-order valence-electron chi connectivity index (χ4n) is 1.80. The fraction of sp³-hybridized carbons (Fsp3) is 0.500. The van der Waals surface area contributed by atoms with Gasteiger partial charge in [0.15, 0.2) is 0 Å². The number of amides is 1. The number of thioether (sulfide) groups is 1. The zero-order chi connectivity index (χ0) is 15.3. The lowest BCUT2D eigenvalue weighted by Crippen LogP contribution is -2.24. The van der Waals surface area contributed by atoms with E-state index in [2.05, 4.69) is 28.4 Å². The molecule has 0 radical (unpaired) electrons. The first-order chi connectivity index (χ1) is 10.3. The van der Waals surface area contributed by atoms with Crippen molar-refractivity contribution < 1.29 is 9.90 Å². The number of aromatic nitrogens is 1. The quantitative estimate of drug-likeness (QED) is 0.570. The molecule has 0 aliphatic heterocycles. The van der Waals surface area contributed by atoms with E-state index in [1.807, 2.05) is 11.8 Å². The van der Waals surface area contributed by atoms with Crippen molar-refractivity contribution in [3.8, 4) is 11.8 Å². The Bertz CT molecular complexity index is 495. The predicted octanol–water partition coefficient (Wildman–Crippen LogP) is 2.08. The van der Waals surface area contributed by atoms with Crippen LogP contribution in [0.25, 0.3) is 0 Å². The largest absolute Gasteiger partial charge is 0.384 e. The molecule has 1 heterocycles. The zero-order valence-corrected chi connectivity index (χ0v) is 13.2. The summed E-state index contributed by atoms with van der Waals surface area (Å²) < 4.78 is 0. The molecule has 4 nitrogen and oxygen atoms in total. The molecule has 0 bridgehead atoms. The molecule has 0 unspecified atom stereocenters. The minimum atomic E-state index is -0.201. The number of hydrogen-bond acceptors (Lipinski definition) is 4. The third-order valence-electron chi connectivity index (χ3n) is 2.87. The monoisotopic (exact) mass is 306 g/mol. The molecule has 0 fully saturated rings. The normalized spacial score (nSPS) is 9.81. The summed E-state index contributed by atoms with van der Waals surface area (Å²) in [6, 6.07) is 1.68. The second-order valence-corrected chi connectivity index (χ2v) is 5.57. The molecule has 0 saturated carbocycles. The maximum atomic E-state index is 12.0. The van der Waals surface area contributed by atoms with Crippen LogP contribution in [0.4, 0.5) is 0 Å². The van der Waals surface area contributed by atoms with Gasteiger partial charge >= 0.3 is 0 Å². The molecule has 0 aliphatic rings. The first kappa shape index (κ1) is 17.5. The summed E-state index contributed by atoms with van der Waals surface area (Å²) in [6.07, 6.45) is 9.81. The van der Waals surface area contributed by atoms with E-state index in [9.17, 15) is 4.79 Å². The lowest BCUT2D eigenvalue weighted by atomic mass is 10.2. The van der Waals surface area contributed by atoms with Gasteiger partial charge in [0.25, 0.3) is 5.91 Å². The van der Waals surface area contributed by atoms with Gasteiger partial charge < -0.3 is 10.4 Å². The number of aliphatic hydroxyl groups excluding tert-OH is 1. The molecule has 0 spiro atoms. The average molecular weight is 306 g/mol. The second kappa shape index (κ2) is 11.2. The lowest BCUT2D eigenvalue weighted by Gasteiger charge is -2.05. The highest BCUT2D eigenvalue weighted by atomic mass is 32.2. The van der Waals surface area contributed by atoms with Crippen molar-refractivity contribution in [3.63, 3.8) is 0 Å². The van der Waals surface area contributed by atoms with Crippen LogP contribution in [0.3, 0.4) is 0 Å². The summed E-state index contributed by atoms with van der Waals surface area (Å²) in [5, 5.41) is 11.5. The van der Waals surface area contributed by atoms with Gasteiger partial charge in [-0.05, 0) is 30.9 Å². The number of hydrogen-bond donors (Lipinski definition) is 2. The summed E-state index contributed by atoms with van der Waals surface area (Å²) in [5.74, 6) is 6.36. The summed E-state index contributed by atoms with van der Waals surface area (Å²) >= 11 is 1.87. The standard InChI is InChI=1S/C16H22N2O2S/c1-21-10-5-3-2-4-8-18-16(20)15-11-14(7-6-9-19)12-17-13-15/h11-13,19H,2-5,8-10H2,1H3,(H,18,20). The lowest BCUT2D eigenvalue weighted by molar-refractivity contribution is 0.0952. The number of nitrogens with one attached hydrogen (secondary N) is 1. The molecular weight excluding hydrogens is 284 g/mol. The van der Waals surface area contributed by atoms with Crippen molar-refractivity contribution in [1.82, 2.24) is 10.3 Å². The topological polar surface area (TPSA) is 62.2 Å².